The lowest BCUT2D eigenvalue weighted by Crippen LogP contribution is -2.22. The average Bonchev–Trinajstić information content (AvgIpc) is 2.25. The average molecular weight is 244 g/mol. The lowest BCUT2D eigenvalue weighted by Gasteiger charge is -2.17. The highest BCUT2D eigenvalue weighted by Crippen LogP contribution is 2.20. The Morgan fingerprint density at radius 1 is 1.27 bits per heavy atom. The van der Waals surface area contributed by atoms with Crippen LogP contribution in [0.15, 0.2) is 24.3 Å². The minimum Gasteiger partial charge on any atom is -0.310 e. The SMILES string of the molecule is CCNC(CSCC)c1ccc(Cl)cc1. The van der Waals surface area contributed by atoms with Crippen LogP contribution in [-0.2, 0) is 0 Å². The van der Waals surface area contributed by atoms with Gasteiger partial charge in [-0.25, -0.2) is 0 Å². The summed E-state index contributed by atoms with van der Waals surface area (Å²) >= 11 is 7.83. The zero-order valence-electron chi connectivity index (χ0n) is 9.29. The van der Waals surface area contributed by atoms with Crippen LogP contribution in [0, 0.1) is 0 Å². The van der Waals surface area contributed by atoms with Crippen LogP contribution in [0.3, 0.4) is 0 Å². The molecule has 0 aliphatic carbocycles. The number of hydrogen-bond donors (Lipinski definition) is 1. The number of halogens is 1. The fraction of sp³-hybridized carbons (Fsp3) is 0.500. The summed E-state index contributed by atoms with van der Waals surface area (Å²) in [4.78, 5) is 0. The number of nitrogens with one attached hydrogen (secondary N) is 1. The van der Waals surface area contributed by atoms with Crippen LogP contribution in [0.1, 0.15) is 25.5 Å². The molecule has 1 rings (SSSR count). The van der Waals surface area contributed by atoms with Crippen molar-refractivity contribution in [1.29, 1.82) is 0 Å². The van der Waals surface area contributed by atoms with Crippen LogP contribution in [0.4, 0.5) is 0 Å². The topological polar surface area (TPSA) is 12.0 Å². The monoisotopic (exact) mass is 243 g/mol. The molecule has 1 unspecified atom stereocenters. The van der Waals surface area contributed by atoms with E-state index in [0.29, 0.717) is 6.04 Å². The molecule has 1 N–H and O–H groups in total. The zero-order valence-corrected chi connectivity index (χ0v) is 10.9. The Bertz CT molecular complexity index is 273. The molecule has 15 heavy (non-hydrogen) atoms. The molecule has 1 aromatic carbocycles. The van der Waals surface area contributed by atoms with E-state index in [1.165, 1.54) is 5.56 Å². The first-order chi connectivity index (χ1) is 7.27. The molecular weight excluding hydrogens is 226 g/mol. The highest BCUT2D eigenvalue weighted by molar-refractivity contribution is 7.99. The van der Waals surface area contributed by atoms with Gasteiger partial charge >= 0.3 is 0 Å². The first-order valence-corrected chi connectivity index (χ1v) is 6.87. The number of benzene rings is 1. The van der Waals surface area contributed by atoms with E-state index in [1.807, 2.05) is 23.9 Å². The Morgan fingerprint density at radius 2 is 1.93 bits per heavy atom. The molecular formula is C12H18ClNS. The van der Waals surface area contributed by atoms with Gasteiger partial charge in [0.15, 0.2) is 0 Å². The van der Waals surface area contributed by atoms with Crippen molar-refractivity contribution in [3.05, 3.63) is 34.9 Å². The zero-order chi connectivity index (χ0) is 11.1. The summed E-state index contributed by atoms with van der Waals surface area (Å²) < 4.78 is 0. The Balaban J connectivity index is 2.65. The molecule has 0 fully saturated rings. The maximum absolute atomic E-state index is 5.87. The normalized spacial score (nSPS) is 12.7. The summed E-state index contributed by atoms with van der Waals surface area (Å²) in [5.41, 5.74) is 1.32. The Labute approximate surface area is 102 Å². The van der Waals surface area contributed by atoms with Crippen molar-refractivity contribution in [2.45, 2.75) is 19.9 Å². The van der Waals surface area contributed by atoms with Crippen LogP contribution >= 0.6 is 23.4 Å². The van der Waals surface area contributed by atoms with Crippen molar-refractivity contribution in [2.24, 2.45) is 0 Å². The van der Waals surface area contributed by atoms with Crippen molar-refractivity contribution >= 4 is 23.4 Å². The standard InChI is InChI=1S/C12H18ClNS/c1-3-14-12(9-15-4-2)10-5-7-11(13)8-6-10/h5-8,12,14H,3-4,9H2,1-2H3. The third kappa shape index (κ3) is 4.45. The van der Waals surface area contributed by atoms with Gasteiger partial charge in [0.2, 0.25) is 0 Å². The van der Waals surface area contributed by atoms with Gasteiger partial charge in [-0.1, -0.05) is 37.6 Å². The summed E-state index contributed by atoms with van der Waals surface area (Å²) in [6.45, 7) is 5.33. The van der Waals surface area contributed by atoms with Gasteiger partial charge in [0.25, 0.3) is 0 Å². The molecule has 84 valence electrons. The van der Waals surface area contributed by atoms with Crippen LogP contribution in [-0.4, -0.2) is 18.1 Å². The quantitative estimate of drug-likeness (QED) is 0.817. The fourth-order valence-corrected chi connectivity index (χ4v) is 2.36. The van der Waals surface area contributed by atoms with Gasteiger partial charge < -0.3 is 5.32 Å². The second kappa shape index (κ2) is 7.15. The maximum atomic E-state index is 5.87. The summed E-state index contributed by atoms with van der Waals surface area (Å²) in [6, 6.07) is 8.56. The van der Waals surface area contributed by atoms with Gasteiger partial charge in [-0.3, -0.25) is 0 Å². The van der Waals surface area contributed by atoms with Crippen LogP contribution < -0.4 is 5.32 Å². The van der Waals surface area contributed by atoms with Crippen LogP contribution in [0.5, 0.6) is 0 Å². The van der Waals surface area contributed by atoms with E-state index in [1.54, 1.807) is 0 Å². The van der Waals surface area contributed by atoms with Crippen molar-refractivity contribution in [1.82, 2.24) is 5.32 Å². The van der Waals surface area contributed by atoms with Crippen LogP contribution in [0.2, 0.25) is 5.02 Å². The van der Waals surface area contributed by atoms with Gasteiger partial charge in [0.05, 0.1) is 0 Å². The maximum Gasteiger partial charge on any atom is 0.0411 e. The second-order valence-electron chi connectivity index (χ2n) is 3.32. The predicted octanol–water partition coefficient (Wildman–Crippen LogP) is 3.74. The molecule has 0 heterocycles. The Morgan fingerprint density at radius 3 is 2.47 bits per heavy atom. The van der Waals surface area contributed by atoms with E-state index >= 15 is 0 Å². The number of rotatable bonds is 6. The van der Waals surface area contributed by atoms with Crippen LogP contribution in [0.25, 0.3) is 0 Å². The van der Waals surface area contributed by atoms with Gasteiger partial charge in [-0.15, -0.1) is 0 Å². The summed E-state index contributed by atoms with van der Waals surface area (Å²) in [7, 11) is 0. The second-order valence-corrected chi connectivity index (χ2v) is 5.08. The van der Waals surface area contributed by atoms with E-state index in [0.717, 1.165) is 23.1 Å². The van der Waals surface area contributed by atoms with Crippen molar-refractivity contribution in [3.8, 4) is 0 Å². The molecule has 0 aliphatic heterocycles. The van der Waals surface area contributed by atoms with E-state index in [2.05, 4.69) is 31.3 Å². The Hall–Kier alpha value is -0.180. The third-order valence-corrected chi connectivity index (χ3v) is 3.44. The van der Waals surface area contributed by atoms with E-state index in [-0.39, 0.29) is 0 Å². The van der Waals surface area contributed by atoms with Gasteiger partial charge in [-0.2, -0.15) is 11.8 Å². The van der Waals surface area contributed by atoms with Gasteiger partial charge in [-0.05, 0) is 30.0 Å². The molecule has 0 aromatic heterocycles. The smallest absolute Gasteiger partial charge is 0.0411 e. The first kappa shape index (κ1) is 12.9. The molecule has 0 amide bonds. The molecule has 0 radical (unpaired) electrons. The van der Waals surface area contributed by atoms with Crippen molar-refractivity contribution in [2.75, 3.05) is 18.1 Å². The predicted molar refractivity (Wildman–Crippen MR) is 70.9 cm³/mol. The Kier molecular flexibility index (Phi) is 6.15. The fourth-order valence-electron chi connectivity index (χ4n) is 1.45. The summed E-state index contributed by atoms with van der Waals surface area (Å²) in [6.07, 6.45) is 0. The summed E-state index contributed by atoms with van der Waals surface area (Å²) in [5.74, 6) is 2.28. The van der Waals surface area contributed by atoms with Gasteiger partial charge in [0.1, 0.15) is 0 Å². The van der Waals surface area contributed by atoms with E-state index < -0.39 is 0 Å². The molecule has 0 spiro atoms. The third-order valence-electron chi connectivity index (χ3n) is 2.21. The molecule has 0 saturated heterocycles. The molecule has 0 saturated carbocycles. The first-order valence-electron chi connectivity index (χ1n) is 5.34. The lowest BCUT2D eigenvalue weighted by atomic mass is 10.1. The number of thioether (sulfide) groups is 1. The highest BCUT2D eigenvalue weighted by Gasteiger charge is 2.09. The van der Waals surface area contributed by atoms with E-state index in [4.69, 9.17) is 11.6 Å². The molecule has 1 aromatic rings. The van der Waals surface area contributed by atoms with Crippen molar-refractivity contribution in [3.63, 3.8) is 0 Å². The van der Waals surface area contributed by atoms with Gasteiger partial charge in [0, 0.05) is 16.8 Å². The minimum atomic E-state index is 0.442. The molecule has 0 aliphatic rings. The largest absolute Gasteiger partial charge is 0.310 e. The van der Waals surface area contributed by atoms with E-state index in [9.17, 15) is 0 Å². The molecule has 3 heteroatoms. The van der Waals surface area contributed by atoms with Crippen molar-refractivity contribution < 1.29 is 0 Å². The number of hydrogen-bond acceptors (Lipinski definition) is 2. The molecule has 1 atom stereocenters. The highest BCUT2D eigenvalue weighted by atomic mass is 35.5. The minimum absolute atomic E-state index is 0.442. The molecule has 0 bridgehead atoms. The lowest BCUT2D eigenvalue weighted by molar-refractivity contribution is 0.606. The summed E-state index contributed by atoms with van der Waals surface area (Å²) in [5, 5.41) is 4.29. The molecule has 1 nitrogen and oxygen atoms in total.